The van der Waals surface area contributed by atoms with Crippen LogP contribution in [0.4, 0.5) is 4.39 Å². The summed E-state index contributed by atoms with van der Waals surface area (Å²) in [5.41, 5.74) is 6.41. The minimum atomic E-state index is -1.77. The van der Waals surface area contributed by atoms with Crippen LogP contribution < -0.4 is 20.3 Å². The normalized spacial score (nSPS) is 13.7. The zero-order chi connectivity index (χ0) is 25.1. The van der Waals surface area contributed by atoms with E-state index in [4.69, 9.17) is 9.47 Å². The summed E-state index contributed by atoms with van der Waals surface area (Å²) in [6.07, 6.45) is 3.69. The van der Waals surface area contributed by atoms with E-state index in [2.05, 4.69) is 10.3 Å². The SMILES string of the molecule is COc1cc(/C=C2/C(C)=C(CC(=O)NCc3cncs3)c3cc(F)ccc32)cc(OC)c1B(O)O. The molecule has 1 aliphatic rings. The summed E-state index contributed by atoms with van der Waals surface area (Å²) in [6, 6.07) is 7.86. The fourth-order valence-electron chi connectivity index (χ4n) is 4.18. The van der Waals surface area contributed by atoms with Gasteiger partial charge in [0.25, 0.3) is 0 Å². The van der Waals surface area contributed by atoms with Gasteiger partial charge in [-0.3, -0.25) is 9.78 Å². The highest BCUT2D eigenvalue weighted by Crippen LogP contribution is 2.44. The molecule has 0 atom stereocenters. The molecule has 3 N–H and O–H groups in total. The molecule has 0 radical (unpaired) electrons. The van der Waals surface area contributed by atoms with Crippen molar-refractivity contribution in [1.82, 2.24) is 10.3 Å². The van der Waals surface area contributed by atoms with Crippen LogP contribution in [0.5, 0.6) is 11.5 Å². The van der Waals surface area contributed by atoms with E-state index >= 15 is 0 Å². The Kier molecular flexibility index (Phi) is 7.35. The van der Waals surface area contributed by atoms with Gasteiger partial charge in [0.1, 0.15) is 17.3 Å². The van der Waals surface area contributed by atoms with Crippen molar-refractivity contribution in [3.63, 3.8) is 0 Å². The van der Waals surface area contributed by atoms with Gasteiger partial charge in [0, 0.05) is 11.1 Å². The number of halogens is 1. The van der Waals surface area contributed by atoms with Crippen molar-refractivity contribution in [2.24, 2.45) is 0 Å². The third-order valence-electron chi connectivity index (χ3n) is 5.87. The molecule has 1 aliphatic carbocycles. The van der Waals surface area contributed by atoms with Crippen LogP contribution in [-0.4, -0.2) is 42.3 Å². The number of methoxy groups -OCH3 is 2. The summed E-state index contributed by atoms with van der Waals surface area (Å²) in [5.74, 6) is -0.0421. The molecule has 1 amide bonds. The number of hydrogen-bond donors (Lipinski definition) is 3. The fraction of sp³-hybridized carbons (Fsp3) is 0.200. The number of nitrogens with one attached hydrogen (secondary N) is 1. The highest BCUT2D eigenvalue weighted by Gasteiger charge is 2.27. The summed E-state index contributed by atoms with van der Waals surface area (Å²) in [4.78, 5) is 17.7. The first-order valence-corrected chi connectivity index (χ1v) is 11.7. The Labute approximate surface area is 206 Å². The molecule has 2 aromatic carbocycles. The van der Waals surface area contributed by atoms with E-state index in [1.54, 1.807) is 29.9 Å². The van der Waals surface area contributed by atoms with Crippen LogP contribution >= 0.6 is 11.3 Å². The molecule has 0 unspecified atom stereocenters. The second-order valence-corrected chi connectivity index (χ2v) is 8.96. The Morgan fingerprint density at radius 3 is 2.49 bits per heavy atom. The molecule has 7 nitrogen and oxygen atoms in total. The standard InChI is InChI=1S/C25H24BFN2O5S/c1-14-19(6-15-7-22(33-2)25(26(31)32)23(8-15)34-3)18-5-4-16(27)9-21(18)20(14)10-24(30)29-12-17-11-28-13-35-17/h4-9,11,13,31-32H,10,12H2,1-3H3,(H,29,30)/b19-6-. The van der Waals surface area contributed by atoms with Crippen LogP contribution in [0.1, 0.15) is 34.9 Å². The molecular formula is C25H24BFN2O5S. The number of rotatable bonds is 8. The van der Waals surface area contributed by atoms with E-state index in [1.807, 2.05) is 13.0 Å². The summed E-state index contributed by atoms with van der Waals surface area (Å²) in [6.45, 7) is 2.28. The number of fused-ring (bicyclic) bond motifs is 1. The van der Waals surface area contributed by atoms with E-state index in [9.17, 15) is 19.2 Å². The lowest BCUT2D eigenvalue weighted by atomic mass is 9.78. The fourth-order valence-corrected chi connectivity index (χ4v) is 4.72. The maximum Gasteiger partial charge on any atom is 0.496 e. The summed E-state index contributed by atoms with van der Waals surface area (Å²) < 4.78 is 24.9. The molecular weight excluding hydrogens is 470 g/mol. The molecule has 0 spiro atoms. The quantitative estimate of drug-likeness (QED) is 0.417. The lowest BCUT2D eigenvalue weighted by Gasteiger charge is -2.14. The number of ether oxygens (including phenoxy) is 2. The van der Waals surface area contributed by atoms with Gasteiger partial charge in [0.05, 0.1) is 38.2 Å². The lowest BCUT2D eigenvalue weighted by molar-refractivity contribution is -0.120. The molecule has 0 bridgehead atoms. The van der Waals surface area contributed by atoms with E-state index in [-0.39, 0.29) is 35.1 Å². The molecule has 4 rings (SSSR count). The second-order valence-electron chi connectivity index (χ2n) is 7.99. The molecule has 3 aromatic rings. The van der Waals surface area contributed by atoms with Crippen LogP contribution in [0, 0.1) is 5.82 Å². The number of hydrogen-bond acceptors (Lipinski definition) is 7. The highest BCUT2D eigenvalue weighted by atomic mass is 32.1. The van der Waals surface area contributed by atoms with E-state index in [1.165, 1.54) is 37.7 Å². The Morgan fingerprint density at radius 2 is 1.89 bits per heavy atom. The minimum absolute atomic E-state index is 0.0979. The lowest BCUT2D eigenvalue weighted by Crippen LogP contribution is -2.32. The van der Waals surface area contributed by atoms with Crippen LogP contribution in [-0.2, 0) is 11.3 Å². The van der Waals surface area contributed by atoms with E-state index < -0.39 is 7.12 Å². The molecule has 35 heavy (non-hydrogen) atoms. The topological polar surface area (TPSA) is 101 Å². The van der Waals surface area contributed by atoms with Gasteiger partial charge >= 0.3 is 7.12 Å². The second kappa shape index (κ2) is 10.4. The monoisotopic (exact) mass is 494 g/mol. The number of amides is 1. The van der Waals surface area contributed by atoms with E-state index in [0.717, 1.165) is 27.2 Å². The van der Waals surface area contributed by atoms with Crippen molar-refractivity contribution < 1.29 is 28.7 Å². The maximum absolute atomic E-state index is 14.2. The van der Waals surface area contributed by atoms with Crippen molar-refractivity contribution >= 4 is 47.0 Å². The smallest absolute Gasteiger partial charge is 0.496 e. The van der Waals surface area contributed by atoms with Crippen molar-refractivity contribution in [2.75, 3.05) is 14.2 Å². The van der Waals surface area contributed by atoms with Gasteiger partial charge in [-0.25, -0.2) is 4.39 Å². The molecule has 0 saturated carbocycles. The molecule has 10 heteroatoms. The van der Waals surface area contributed by atoms with Crippen molar-refractivity contribution in [2.45, 2.75) is 19.9 Å². The van der Waals surface area contributed by atoms with Gasteiger partial charge in [-0.1, -0.05) is 6.07 Å². The Morgan fingerprint density at radius 1 is 1.17 bits per heavy atom. The molecule has 1 aromatic heterocycles. The summed E-state index contributed by atoms with van der Waals surface area (Å²) >= 11 is 1.46. The zero-order valence-electron chi connectivity index (χ0n) is 19.5. The van der Waals surface area contributed by atoms with Gasteiger partial charge < -0.3 is 24.8 Å². The van der Waals surface area contributed by atoms with Crippen LogP contribution in [0.25, 0.3) is 17.2 Å². The van der Waals surface area contributed by atoms with Crippen LogP contribution in [0.2, 0.25) is 0 Å². The van der Waals surface area contributed by atoms with Crippen LogP contribution in [0.3, 0.4) is 0 Å². The Hall–Kier alpha value is -3.47. The number of aromatic nitrogens is 1. The third-order valence-corrected chi connectivity index (χ3v) is 6.65. The predicted octanol–water partition coefficient (Wildman–Crippen LogP) is 3.01. The van der Waals surface area contributed by atoms with Gasteiger partial charge in [-0.2, -0.15) is 0 Å². The number of nitrogens with zero attached hydrogens (tertiary/aromatic N) is 1. The van der Waals surface area contributed by atoms with Crippen molar-refractivity contribution in [3.05, 3.63) is 75.0 Å². The van der Waals surface area contributed by atoms with Crippen molar-refractivity contribution in [1.29, 1.82) is 0 Å². The van der Waals surface area contributed by atoms with Crippen molar-refractivity contribution in [3.8, 4) is 11.5 Å². The number of benzene rings is 2. The van der Waals surface area contributed by atoms with E-state index in [0.29, 0.717) is 17.7 Å². The molecule has 0 fully saturated rings. The maximum atomic E-state index is 14.2. The molecule has 180 valence electrons. The Balaban J connectivity index is 1.72. The third kappa shape index (κ3) is 5.14. The first-order chi connectivity index (χ1) is 16.8. The average molecular weight is 494 g/mol. The van der Waals surface area contributed by atoms with Gasteiger partial charge in [-0.15, -0.1) is 11.3 Å². The zero-order valence-corrected chi connectivity index (χ0v) is 20.3. The summed E-state index contributed by atoms with van der Waals surface area (Å²) in [7, 11) is 1.09. The Bertz CT molecular complexity index is 1300. The average Bonchev–Trinajstić information content (AvgIpc) is 3.44. The summed E-state index contributed by atoms with van der Waals surface area (Å²) in [5, 5.41) is 22.4. The van der Waals surface area contributed by atoms with Gasteiger partial charge in [-0.05, 0) is 70.7 Å². The van der Waals surface area contributed by atoms with Gasteiger partial charge in [0.2, 0.25) is 5.91 Å². The first kappa shape index (κ1) is 24.7. The number of allylic oxidation sites excluding steroid dienone is 2. The number of thiazole rings is 1. The minimum Gasteiger partial charge on any atom is -0.497 e. The van der Waals surface area contributed by atoms with Gasteiger partial charge in [0.15, 0.2) is 0 Å². The predicted molar refractivity (Wildman–Crippen MR) is 135 cm³/mol. The van der Waals surface area contributed by atoms with Crippen LogP contribution in [0.15, 0.2) is 47.6 Å². The molecule has 0 aliphatic heterocycles. The largest absolute Gasteiger partial charge is 0.497 e. The number of carbonyl (C=O) groups is 1. The molecule has 0 saturated heterocycles. The number of carbonyl (C=O) groups excluding carboxylic acids is 1. The molecule has 1 heterocycles. The highest BCUT2D eigenvalue weighted by molar-refractivity contribution is 7.09. The first-order valence-electron chi connectivity index (χ1n) is 10.8.